The molecule has 0 spiro atoms. The molecule has 4 aromatic rings. The summed E-state index contributed by atoms with van der Waals surface area (Å²) in [5, 5.41) is 4.62. The zero-order valence-electron chi connectivity index (χ0n) is 17.2. The van der Waals surface area contributed by atoms with E-state index in [1.54, 1.807) is 0 Å². The fourth-order valence-electron chi connectivity index (χ4n) is 4.22. The van der Waals surface area contributed by atoms with E-state index in [2.05, 4.69) is 38.0 Å². The quantitative estimate of drug-likeness (QED) is 0.543. The van der Waals surface area contributed by atoms with E-state index in [1.807, 2.05) is 48.8 Å². The van der Waals surface area contributed by atoms with Crippen LogP contribution >= 0.6 is 0 Å². The SMILES string of the molecule is NC(=O)Cc1cccc(N2CCC(n3cc(-c4cnc5ccccc5n4)cn3)CC2)c1. The Labute approximate surface area is 180 Å². The number of benzene rings is 2. The molecule has 7 nitrogen and oxygen atoms in total. The summed E-state index contributed by atoms with van der Waals surface area (Å²) in [6.07, 6.45) is 8.05. The van der Waals surface area contributed by atoms with Crippen LogP contribution in [0.3, 0.4) is 0 Å². The van der Waals surface area contributed by atoms with Crippen molar-refractivity contribution < 1.29 is 4.79 Å². The van der Waals surface area contributed by atoms with E-state index < -0.39 is 0 Å². The van der Waals surface area contributed by atoms with Crippen LogP contribution in [0, 0.1) is 0 Å². The molecule has 3 heterocycles. The molecule has 31 heavy (non-hydrogen) atoms. The Bertz CT molecular complexity index is 1230. The number of hydrogen-bond donors (Lipinski definition) is 1. The Kier molecular flexibility index (Phi) is 5.08. The molecule has 0 radical (unpaired) electrons. The smallest absolute Gasteiger partial charge is 0.221 e. The van der Waals surface area contributed by atoms with Gasteiger partial charge in [-0.25, -0.2) is 4.98 Å². The van der Waals surface area contributed by atoms with Crippen molar-refractivity contribution in [2.45, 2.75) is 25.3 Å². The van der Waals surface area contributed by atoms with Gasteiger partial charge in [-0.05, 0) is 42.7 Å². The summed E-state index contributed by atoms with van der Waals surface area (Å²) < 4.78 is 2.06. The van der Waals surface area contributed by atoms with Crippen LogP contribution < -0.4 is 10.6 Å². The van der Waals surface area contributed by atoms with Crippen LogP contribution in [-0.4, -0.2) is 38.7 Å². The number of anilines is 1. The third-order valence-electron chi connectivity index (χ3n) is 5.84. The lowest BCUT2D eigenvalue weighted by Gasteiger charge is -2.34. The van der Waals surface area contributed by atoms with Crippen LogP contribution in [0.15, 0.2) is 67.1 Å². The minimum absolute atomic E-state index is 0.276. The average molecular weight is 412 g/mol. The van der Waals surface area contributed by atoms with Gasteiger partial charge in [0, 0.05) is 30.5 Å². The van der Waals surface area contributed by atoms with Crippen LogP contribution in [-0.2, 0) is 11.2 Å². The van der Waals surface area contributed by atoms with Crippen LogP contribution in [0.25, 0.3) is 22.3 Å². The van der Waals surface area contributed by atoms with E-state index in [0.717, 1.165) is 59.5 Å². The summed E-state index contributed by atoms with van der Waals surface area (Å²) in [5.74, 6) is -0.304. The molecule has 0 saturated carbocycles. The Morgan fingerprint density at radius 2 is 1.84 bits per heavy atom. The zero-order valence-corrected chi connectivity index (χ0v) is 17.2. The molecular formula is C24H24N6O. The fourth-order valence-corrected chi connectivity index (χ4v) is 4.22. The average Bonchev–Trinajstić information content (AvgIpc) is 3.29. The van der Waals surface area contributed by atoms with Gasteiger partial charge in [-0.2, -0.15) is 5.10 Å². The van der Waals surface area contributed by atoms with E-state index in [0.29, 0.717) is 6.04 Å². The molecule has 1 fully saturated rings. The summed E-state index contributed by atoms with van der Waals surface area (Å²) >= 11 is 0. The third kappa shape index (κ3) is 4.12. The Hall–Kier alpha value is -3.74. The molecule has 0 unspecified atom stereocenters. The van der Waals surface area contributed by atoms with E-state index in [9.17, 15) is 4.79 Å². The second kappa shape index (κ2) is 8.18. The Morgan fingerprint density at radius 1 is 1.03 bits per heavy atom. The largest absolute Gasteiger partial charge is 0.371 e. The molecule has 2 aromatic heterocycles. The zero-order chi connectivity index (χ0) is 21.2. The first kappa shape index (κ1) is 19.2. The van der Waals surface area contributed by atoms with Gasteiger partial charge in [0.25, 0.3) is 0 Å². The van der Waals surface area contributed by atoms with Crippen molar-refractivity contribution in [2.24, 2.45) is 5.73 Å². The van der Waals surface area contributed by atoms with Crippen LogP contribution in [0.2, 0.25) is 0 Å². The van der Waals surface area contributed by atoms with Gasteiger partial charge in [-0.3, -0.25) is 14.5 Å². The minimum Gasteiger partial charge on any atom is -0.371 e. The molecule has 1 aliphatic heterocycles. The summed E-state index contributed by atoms with van der Waals surface area (Å²) in [7, 11) is 0. The van der Waals surface area contributed by atoms with Crippen LogP contribution in [0.1, 0.15) is 24.4 Å². The van der Waals surface area contributed by atoms with Crippen molar-refractivity contribution in [3.8, 4) is 11.3 Å². The van der Waals surface area contributed by atoms with E-state index >= 15 is 0 Å². The Morgan fingerprint density at radius 3 is 2.65 bits per heavy atom. The predicted octanol–water partition coefficient (Wildman–Crippen LogP) is 3.36. The van der Waals surface area contributed by atoms with Crippen LogP contribution in [0.5, 0.6) is 0 Å². The highest BCUT2D eigenvalue weighted by atomic mass is 16.1. The molecule has 156 valence electrons. The first-order valence-electron chi connectivity index (χ1n) is 10.5. The van der Waals surface area contributed by atoms with Crippen molar-refractivity contribution in [2.75, 3.05) is 18.0 Å². The second-order valence-electron chi connectivity index (χ2n) is 7.98. The summed E-state index contributed by atoms with van der Waals surface area (Å²) in [6, 6.07) is 16.3. The lowest BCUT2D eigenvalue weighted by molar-refractivity contribution is -0.117. The Balaban J connectivity index is 1.27. The van der Waals surface area contributed by atoms with E-state index in [1.165, 1.54) is 0 Å². The van der Waals surface area contributed by atoms with E-state index in [-0.39, 0.29) is 12.3 Å². The minimum atomic E-state index is -0.304. The molecule has 1 amide bonds. The molecule has 0 aliphatic carbocycles. The number of rotatable bonds is 5. The van der Waals surface area contributed by atoms with Gasteiger partial charge in [0.2, 0.25) is 5.91 Å². The highest BCUT2D eigenvalue weighted by Crippen LogP contribution is 2.28. The van der Waals surface area contributed by atoms with Gasteiger partial charge in [0.05, 0.1) is 41.6 Å². The van der Waals surface area contributed by atoms with Crippen LogP contribution in [0.4, 0.5) is 5.69 Å². The second-order valence-corrected chi connectivity index (χ2v) is 7.98. The number of nitrogens with two attached hydrogens (primary N) is 1. The number of carbonyl (C=O) groups excluding carboxylic acids is 1. The number of amides is 1. The molecule has 7 heteroatoms. The highest BCUT2D eigenvalue weighted by molar-refractivity contribution is 5.77. The molecular weight excluding hydrogens is 388 g/mol. The topological polar surface area (TPSA) is 89.9 Å². The molecule has 2 aromatic carbocycles. The first-order chi connectivity index (χ1) is 15.2. The normalized spacial score (nSPS) is 14.8. The standard InChI is InChI=1S/C24H24N6O/c25-24(31)13-17-4-3-5-20(12-17)29-10-8-19(9-11-29)30-16-18(14-27-30)23-15-26-21-6-1-2-7-22(21)28-23/h1-7,12,14-16,19H,8-11,13H2,(H2,25,31). The van der Waals surface area contributed by atoms with Gasteiger partial charge in [0.15, 0.2) is 0 Å². The maximum absolute atomic E-state index is 11.2. The van der Waals surface area contributed by atoms with Crippen molar-refractivity contribution >= 4 is 22.6 Å². The van der Waals surface area contributed by atoms with Gasteiger partial charge in [-0.1, -0.05) is 24.3 Å². The summed E-state index contributed by atoms with van der Waals surface area (Å²) in [4.78, 5) is 22.8. The van der Waals surface area contributed by atoms with Gasteiger partial charge < -0.3 is 10.6 Å². The lowest BCUT2D eigenvalue weighted by Crippen LogP contribution is -2.34. The molecule has 0 bridgehead atoms. The number of piperidine rings is 1. The number of aromatic nitrogens is 4. The third-order valence-corrected chi connectivity index (χ3v) is 5.84. The number of primary amides is 1. The summed E-state index contributed by atoms with van der Waals surface area (Å²) in [5.41, 5.74) is 11.0. The number of para-hydroxylation sites is 2. The van der Waals surface area contributed by atoms with Crippen molar-refractivity contribution in [1.82, 2.24) is 19.7 Å². The molecule has 5 rings (SSSR count). The lowest BCUT2D eigenvalue weighted by atomic mass is 10.0. The molecule has 1 aliphatic rings. The monoisotopic (exact) mass is 412 g/mol. The van der Waals surface area contributed by atoms with Crippen molar-refractivity contribution in [1.29, 1.82) is 0 Å². The highest BCUT2D eigenvalue weighted by Gasteiger charge is 2.22. The maximum Gasteiger partial charge on any atom is 0.221 e. The van der Waals surface area contributed by atoms with Gasteiger partial charge in [0.1, 0.15) is 0 Å². The van der Waals surface area contributed by atoms with Gasteiger partial charge >= 0.3 is 0 Å². The van der Waals surface area contributed by atoms with E-state index in [4.69, 9.17) is 10.7 Å². The fraction of sp³-hybridized carbons (Fsp3) is 0.250. The summed E-state index contributed by atoms with van der Waals surface area (Å²) in [6.45, 7) is 1.88. The predicted molar refractivity (Wildman–Crippen MR) is 121 cm³/mol. The number of nitrogens with zero attached hydrogens (tertiary/aromatic N) is 5. The number of fused-ring (bicyclic) bond motifs is 1. The number of hydrogen-bond acceptors (Lipinski definition) is 5. The maximum atomic E-state index is 11.2. The van der Waals surface area contributed by atoms with Gasteiger partial charge in [-0.15, -0.1) is 0 Å². The first-order valence-corrected chi connectivity index (χ1v) is 10.5. The molecule has 1 saturated heterocycles. The molecule has 2 N–H and O–H groups in total. The number of carbonyl (C=O) groups is 1. The molecule has 0 atom stereocenters. The van der Waals surface area contributed by atoms with Crippen molar-refractivity contribution in [3.05, 3.63) is 72.7 Å². The van der Waals surface area contributed by atoms with Crippen molar-refractivity contribution in [3.63, 3.8) is 0 Å².